The first kappa shape index (κ1) is 21.0. The van der Waals surface area contributed by atoms with Gasteiger partial charge in [0.25, 0.3) is 10.0 Å². The molecule has 0 unspecified atom stereocenters. The van der Waals surface area contributed by atoms with Crippen LogP contribution in [0.4, 0.5) is 5.69 Å². The molecule has 0 atom stereocenters. The molecule has 0 bridgehead atoms. The van der Waals surface area contributed by atoms with E-state index >= 15 is 0 Å². The van der Waals surface area contributed by atoms with Gasteiger partial charge in [-0.2, -0.15) is 0 Å². The van der Waals surface area contributed by atoms with E-state index < -0.39 is 10.0 Å². The molecular weight excluding hydrogens is 472 g/mol. The van der Waals surface area contributed by atoms with Gasteiger partial charge in [0.2, 0.25) is 0 Å². The van der Waals surface area contributed by atoms with Crippen molar-refractivity contribution in [3.8, 4) is 17.2 Å². The van der Waals surface area contributed by atoms with Gasteiger partial charge in [-0.25, -0.2) is 8.42 Å². The van der Waals surface area contributed by atoms with Crippen molar-refractivity contribution in [2.75, 3.05) is 32.0 Å². The Morgan fingerprint density at radius 3 is 2.43 bits per heavy atom. The Hall–Kier alpha value is -1.68. The number of halogens is 2. The summed E-state index contributed by atoms with van der Waals surface area (Å²) in [6, 6.07) is 7.69. The Balaban J connectivity index is 1.88. The molecule has 28 heavy (non-hydrogen) atoms. The molecule has 0 spiro atoms. The van der Waals surface area contributed by atoms with Crippen LogP contribution >= 0.6 is 27.5 Å². The molecule has 0 aliphatic carbocycles. The van der Waals surface area contributed by atoms with Crippen LogP contribution in [0.5, 0.6) is 17.2 Å². The maximum Gasteiger partial charge on any atom is 0.263 e. The van der Waals surface area contributed by atoms with Crippen LogP contribution in [0.2, 0.25) is 5.02 Å². The first-order chi connectivity index (χ1) is 13.4. The molecule has 1 aliphatic heterocycles. The molecule has 1 fully saturated rings. The third-order valence-electron chi connectivity index (χ3n) is 4.22. The normalized spacial score (nSPS) is 14.7. The van der Waals surface area contributed by atoms with E-state index in [0.29, 0.717) is 28.0 Å². The van der Waals surface area contributed by atoms with Gasteiger partial charge in [0.1, 0.15) is 4.90 Å². The van der Waals surface area contributed by atoms with Gasteiger partial charge < -0.3 is 14.3 Å². The van der Waals surface area contributed by atoms with E-state index in [1.54, 1.807) is 18.2 Å². The standard InChI is InChI=1S/C18H20BrClN2O5S/c1-25-14-7-8-16(17(19)18(14)26-2)28(23,24)21-12-5-6-13(20)15(11-12)27-22-9-3-4-10-22/h5-8,11,21H,3-4,9-10H2,1-2H3. The zero-order valence-corrected chi connectivity index (χ0v) is 18.5. The van der Waals surface area contributed by atoms with Crippen molar-refractivity contribution in [3.63, 3.8) is 0 Å². The molecule has 2 aromatic carbocycles. The molecule has 1 heterocycles. The topological polar surface area (TPSA) is 77.1 Å². The third-order valence-corrected chi connectivity index (χ3v) is 7.00. The number of sulfonamides is 1. The Morgan fingerprint density at radius 2 is 1.79 bits per heavy atom. The second kappa shape index (κ2) is 8.77. The van der Waals surface area contributed by atoms with E-state index in [0.717, 1.165) is 25.9 Å². The average molecular weight is 492 g/mol. The molecule has 0 aromatic heterocycles. The first-order valence-corrected chi connectivity index (χ1v) is 11.2. The number of benzene rings is 2. The van der Waals surface area contributed by atoms with Gasteiger partial charge in [0.05, 0.1) is 29.4 Å². The maximum atomic E-state index is 12.9. The van der Waals surface area contributed by atoms with Crippen LogP contribution in [0.25, 0.3) is 0 Å². The van der Waals surface area contributed by atoms with Crippen LogP contribution in [0.3, 0.4) is 0 Å². The molecule has 3 rings (SSSR count). The van der Waals surface area contributed by atoms with E-state index in [1.807, 2.05) is 5.06 Å². The number of hydrogen-bond donors (Lipinski definition) is 1. The second-order valence-corrected chi connectivity index (χ2v) is 8.94. The highest BCUT2D eigenvalue weighted by Crippen LogP contribution is 2.40. The summed E-state index contributed by atoms with van der Waals surface area (Å²) in [6.45, 7) is 1.62. The van der Waals surface area contributed by atoms with E-state index in [1.165, 1.54) is 26.4 Å². The molecule has 1 N–H and O–H groups in total. The van der Waals surface area contributed by atoms with Gasteiger partial charge in [-0.05, 0) is 53.0 Å². The number of methoxy groups -OCH3 is 2. The average Bonchev–Trinajstić information content (AvgIpc) is 3.16. The summed E-state index contributed by atoms with van der Waals surface area (Å²) in [5.74, 6) is 1.11. The highest BCUT2D eigenvalue weighted by molar-refractivity contribution is 9.10. The predicted molar refractivity (Wildman–Crippen MR) is 111 cm³/mol. The summed E-state index contributed by atoms with van der Waals surface area (Å²) in [5, 5.41) is 2.21. The van der Waals surface area contributed by atoms with Crippen LogP contribution in [0.15, 0.2) is 39.7 Å². The van der Waals surface area contributed by atoms with Gasteiger partial charge in [-0.15, -0.1) is 5.06 Å². The van der Waals surface area contributed by atoms with Gasteiger partial charge in [-0.1, -0.05) is 11.6 Å². The Morgan fingerprint density at radius 1 is 1.07 bits per heavy atom. The van der Waals surface area contributed by atoms with E-state index in [-0.39, 0.29) is 9.37 Å². The fraction of sp³-hybridized carbons (Fsp3) is 0.333. The molecule has 1 aliphatic rings. The lowest BCUT2D eigenvalue weighted by Crippen LogP contribution is -2.23. The second-order valence-electron chi connectivity index (χ2n) is 6.09. The largest absolute Gasteiger partial charge is 0.493 e. The van der Waals surface area contributed by atoms with Crippen molar-refractivity contribution in [2.45, 2.75) is 17.7 Å². The fourth-order valence-corrected chi connectivity index (χ4v) is 5.25. The molecule has 152 valence electrons. The maximum absolute atomic E-state index is 12.9. The Kier molecular flexibility index (Phi) is 6.59. The molecule has 2 aromatic rings. The SMILES string of the molecule is COc1ccc(S(=O)(=O)Nc2ccc(Cl)c(ON3CCCC3)c2)c(Br)c1OC. The molecule has 0 amide bonds. The zero-order chi connectivity index (χ0) is 20.3. The Bertz CT molecular complexity index is 965. The number of nitrogens with zero attached hydrogens (tertiary/aromatic N) is 1. The number of rotatable bonds is 7. The van der Waals surface area contributed by atoms with Crippen molar-refractivity contribution in [1.82, 2.24) is 5.06 Å². The van der Waals surface area contributed by atoms with Gasteiger partial charge in [-0.3, -0.25) is 4.72 Å². The van der Waals surface area contributed by atoms with Crippen molar-refractivity contribution in [1.29, 1.82) is 0 Å². The van der Waals surface area contributed by atoms with Crippen LogP contribution in [0.1, 0.15) is 12.8 Å². The molecular formula is C18H20BrClN2O5S. The number of anilines is 1. The minimum atomic E-state index is -3.90. The van der Waals surface area contributed by atoms with Crippen LogP contribution in [0, 0.1) is 0 Å². The van der Waals surface area contributed by atoms with Crippen molar-refractivity contribution < 1.29 is 22.7 Å². The van der Waals surface area contributed by atoms with Crippen LogP contribution in [-0.4, -0.2) is 40.8 Å². The summed E-state index contributed by atoms with van der Waals surface area (Å²) in [6.07, 6.45) is 2.11. The number of nitrogens with one attached hydrogen (secondary N) is 1. The van der Waals surface area contributed by atoms with Gasteiger partial charge >= 0.3 is 0 Å². The molecule has 0 radical (unpaired) electrons. The molecule has 10 heteroatoms. The summed E-state index contributed by atoms with van der Waals surface area (Å²) in [5.41, 5.74) is 0.334. The quantitative estimate of drug-likeness (QED) is 0.622. The van der Waals surface area contributed by atoms with Gasteiger partial charge in [0, 0.05) is 19.2 Å². The van der Waals surface area contributed by atoms with Crippen molar-refractivity contribution >= 4 is 43.2 Å². The van der Waals surface area contributed by atoms with E-state index in [2.05, 4.69) is 20.7 Å². The van der Waals surface area contributed by atoms with Crippen molar-refractivity contribution in [2.24, 2.45) is 0 Å². The first-order valence-electron chi connectivity index (χ1n) is 8.51. The predicted octanol–water partition coefficient (Wildman–Crippen LogP) is 4.31. The van der Waals surface area contributed by atoms with E-state index in [4.69, 9.17) is 25.9 Å². The number of hydrogen-bond acceptors (Lipinski definition) is 6. The zero-order valence-electron chi connectivity index (χ0n) is 15.4. The summed E-state index contributed by atoms with van der Waals surface area (Å²) >= 11 is 9.48. The molecule has 1 saturated heterocycles. The summed E-state index contributed by atoms with van der Waals surface area (Å²) in [4.78, 5) is 5.79. The fourth-order valence-electron chi connectivity index (χ4n) is 2.84. The van der Waals surface area contributed by atoms with Gasteiger partial charge in [0.15, 0.2) is 17.2 Å². The minimum absolute atomic E-state index is 0.0158. The third kappa shape index (κ3) is 4.48. The van der Waals surface area contributed by atoms with Crippen molar-refractivity contribution in [3.05, 3.63) is 39.8 Å². The lowest BCUT2D eigenvalue weighted by molar-refractivity contribution is -0.0345. The molecule has 7 nitrogen and oxygen atoms in total. The highest BCUT2D eigenvalue weighted by Gasteiger charge is 2.24. The lowest BCUT2D eigenvalue weighted by atomic mass is 10.3. The summed E-state index contributed by atoms with van der Waals surface area (Å²) in [7, 11) is -0.987. The van der Waals surface area contributed by atoms with Crippen LogP contribution in [-0.2, 0) is 10.0 Å². The number of ether oxygens (including phenoxy) is 2. The lowest BCUT2D eigenvalue weighted by Gasteiger charge is -2.18. The Labute approximate surface area is 177 Å². The van der Waals surface area contributed by atoms with Crippen LogP contribution < -0.4 is 19.0 Å². The highest BCUT2D eigenvalue weighted by atomic mass is 79.9. The number of hydroxylamine groups is 2. The summed E-state index contributed by atoms with van der Waals surface area (Å²) < 4.78 is 39.1. The monoisotopic (exact) mass is 490 g/mol. The smallest absolute Gasteiger partial charge is 0.263 e. The van der Waals surface area contributed by atoms with E-state index in [9.17, 15) is 8.42 Å². The minimum Gasteiger partial charge on any atom is -0.493 e. The molecule has 0 saturated carbocycles.